The van der Waals surface area contributed by atoms with Crippen LogP contribution in [0.5, 0.6) is 0 Å². The second-order valence-electron chi connectivity index (χ2n) is 3.85. The van der Waals surface area contributed by atoms with Crippen molar-refractivity contribution in [2.24, 2.45) is 0 Å². The van der Waals surface area contributed by atoms with E-state index in [0.717, 1.165) is 4.90 Å². The first-order valence-electron chi connectivity index (χ1n) is 5.01. The summed E-state index contributed by atoms with van der Waals surface area (Å²) in [5.74, 6) is 0.234. The smallest absolute Gasteiger partial charge is 0.323 e. The number of terminal acetylenes is 1. The molecule has 1 aliphatic rings. The number of nitrogens with zero attached hydrogens (tertiary/aromatic N) is 1. The first kappa shape index (κ1) is 13.5. The average molecular weight is 259 g/mol. The number of hydrogen-bond acceptors (Lipinski definition) is 4. The predicted octanol–water partition coefficient (Wildman–Crippen LogP) is -0.890. The maximum absolute atomic E-state index is 11.6. The number of hydrogen-bond donors (Lipinski definition) is 1. The minimum absolute atomic E-state index is 0.0167. The van der Waals surface area contributed by atoms with Crippen molar-refractivity contribution in [2.75, 3.05) is 18.1 Å². The maximum atomic E-state index is 11.6. The number of rotatable bonds is 4. The molecule has 1 N–H and O–H groups in total. The third-order valence-corrected chi connectivity index (χ3v) is 4.28. The minimum Gasteiger partial charge on any atom is -0.480 e. The highest BCUT2D eigenvalue weighted by molar-refractivity contribution is 7.91. The summed E-state index contributed by atoms with van der Waals surface area (Å²) < 4.78 is 22.6. The van der Waals surface area contributed by atoms with E-state index in [1.165, 1.54) is 0 Å². The number of aliphatic carboxylic acids is 1. The molecule has 7 heteroatoms. The zero-order chi connectivity index (χ0) is 13.1. The van der Waals surface area contributed by atoms with Gasteiger partial charge in [0.05, 0.1) is 17.9 Å². The topological polar surface area (TPSA) is 91.8 Å². The number of carboxylic acid groups (broad SMARTS) is 1. The Bertz CT molecular complexity index is 462. The van der Waals surface area contributed by atoms with Gasteiger partial charge < -0.3 is 10.0 Å². The van der Waals surface area contributed by atoms with E-state index in [9.17, 15) is 18.0 Å². The maximum Gasteiger partial charge on any atom is 0.323 e. The fourth-order valence-corrected chi connectivity index (χ4v) is 3.51. The third-order valence-electron chi connectivity index (χ3n) is 2.53. The molecule has 1 saturated heterocycles. The molecule has 0 aromatic carbocycles. The van der Waals surface area contributed by atoms with E-state index in [0.29, 0.717) is 0 Å². The van der Waals surface area contributed by atoms with Crippen LogP contribution in [0.4, 0.5) is 0 Å². The predicted molar refractivity (Wildman–Crippen MR) is 59.9 cm³/mol. The highest BCUT2D eigenvalue weighted by atomic mass is 32.2. The second-order valence-corrected chi connectivity index (χ2v) is 6.08. The van der Waals surface area contributed by atoms with Crippen molar-refractivity contribution in [3.8, 4) is 12.3 Å². The van der Waals surface area contributed by atoms with Crippen LogP contribution in [0.2, 0.25) is 0 Å². The van der Waals surface area contributed by atoms with Crippen LogP contribution in [0.15, 0.2) is 0 Å². The molecule has 0 spiro atoms. The van der Waals surface area contributed by atoms with E-state index in [1.54, 1.807) is 0 Å². The lowest BCUT2D eigenvalue weighted by atomic mass is 10.2. The standard InChI is InChI=1S/C10H13NO5S/c1-2-3-9(12)11(6-10(13)14)8-4-5-17(15,16)7-8/h1,8H,3-7H2,(H,13,14). The molecule has 94 valence electrons. The number of carboxylic acids is 1. The van der Waals surface area contributed by atoms with Gasteiger partial charge in [0.1, 0.15) is 6.54 Å². The molecule has 0 bridgehead atoms. The first-order valence-corrected chi connectivity index (χ1v) is 6.83. The summed E-state index contributed by atoms with van der Waals surface area (Å²) in [7, 11) is -3.16. The van der Waals surface area contributed by atoms with Gasteiger partial charge in [0.2, 0.25) is 5.91 Å². The van der Waals surface area contributed by atoms with Gasteiger partial charge in [-0.1, -0.05) is 5.92 Å². The lowest BCUT2D eigenvalue weighted by Gasteiger charge is -2.25. The molecular weight excluding hydrogens is 246 g/mol. The van der Waals surface area contributed by atoms with E-state index in [-0.39, 0.29) is 24.3 Å². The van der Waals surface area contributed by atoms with Crippen LogP contribution in [0, 0.1) is 12.3 Å². The van der Waals surface area contributed by atoms with Crippen LogP contribution in [0.3, 0.4) is 0 Å². The lowest BCUT2D eigenvalue weighted by Crippen LogP contribution is -2.44. The molecule has 1 aliphatic heterocycles. The van der Waals surface area contributed by atoms with Crippen molar-refractivity contribution < 1.29 is 23.1 Å². The number of carbonyl (C=O) groups is 2. The summed E-state index contributed by atoms with van der Waals surface area (Å²) in [5, 5.41) is 8.70. The summed E-state index contributed by atoms with van der Waals surface area (Å²) >= 11 is 0. The van der Waals surface area contributed by atoms with E-state index < -0.39 is 34.3 Å². The molecule has 1 fully saturated rings. The quantitative estimate of drug-likeness (QED) is 0.661. The summed E-state index contributed by atoms with van der Waals surface area (Å²) in [6, 6.07) is -0.572. The van der Waals surface area contributed by atoms with Crippen molar-refractivity contribution in [1.82, 2.24) is 4.90 Å². The van der Waals surface area contributed by atoms with Crippen molar-refractivity contribution in [2.45, 2.75) is 18.9 Å². The van der Waals surface area contributed by atoms with Gasteiger partial charge in [0.15, 0.2) is 9.84 Å². The molecule has 1 atom stereocenters. The molecule has 1 amide bonds. The van der Waals surface area contributed by atoms with E-state index in [1.807, 2.05) is 0 Å². The Morgan fingerprint density at radius 1 is 1.47 bits per heavy atom. The Kier molecular flexibility index (Phi) is 4.12. The van der Waals surface area contributed by atoms with E-state index in [2.05, 4.69) is 5.92 Å². The number of amides is 1. The Morgan fingerprint density at radius 3 is 2.53 bits per heavy atom. The van der Waals surface area contributed by atoms with Gasteiger partial charge in [-0.15, -0.1) is 6.42 Å². The Labute approximate surface area is 99.5 Å². The minimum atomic E-state index is -3.16. The van der Waals surface area contributed by atoms with Crippen molar-refractivity contribution in [3.05, 3.63) is 0 Å². The Balaban J connectivity index is 2.81. The van der Waals surface area contributed by atoms with E-state index >= 15 is 0 Å². The van der Waals surface area contributed by atoms with Gasteiger partial charge in [-0.05, 0) is 6.42 Å². The number of carbonyl (C=O) groups excluding carboxylic acids is 1. The molecule has 17 heavy (non-hydrogen) atoms. The van der Waals surface area contributed by atoms with Crippen molar-refractivity contribution in [1.29, 1.82) is 0 Å². The van der Waals surface area contributed by atoms with Crippen LogP contribution in [0.1, 0.15) is 12.8 Å². The van der Waals surface area contributed by atoms with Crippen LogP contribution in [0.25, 0.3) is 0 Å². The monoisotopic (exact) mass is 259 g/mol. The summed E-state index contributed by atoms with van der Waals surface area (Å²) in [6.07, 6.45) is 5.04. The Morgan fingerprint density at radius 2 is 2.12 bits per heavy atom. The average Bonchev–Trinajstić information content (AvgIpc) is 2.55. The number of sulfone groups is 1. The van der Waals surface area contributed by atoms with E-state index in [4.69, 9.17) is 11.5 Å². The second kappa shape index (κ2) is 5.19. The van der Waals surface area contributed by atoms with Gasteiger partial charge in [-0.2, -0.15) is 0 Å². The summed E-state index contributed by atoms with van der Waals surface area (Å²) in [5.41, 5.74) is 0. The zero-order valence-electron chi connectivity index (χ0n) is 9.13. The molecule has 0 aliphatic carbocycles. The van der Waals surface area contributed by atoms with Crippen LogP contribution in [-0.4, -0.2) is 54.4 Å². The summed E-state index contributed by atoms with van der Waals surface area (Å²) in [6.45, 7) is -0.513. The van der Waals surface area contributed by atoms with Gasteiger partial charge in [0, 0.05) is 6.04 Å². The molecule has 1 heterocycles. The molecule has 0 radical (unpaired) electrons. The molecular formula is C10H13NO5S. The Hall–Kier alpha value is -1.55. The third kappa shape index (κ3) is 3.75. The normalized spacial score (nSPS) is 21.7. The van der Waals surface area contributed by atoms with Crippen molar-refractivity contribution >= 4 is 21.7 Å². The zero-order valence-corrected chi connectivity index (χ0v) is 9.94. The van der Waals surface area contributed by atoms with Gasteiger partial charge in [-0.3, -0.25) is 9.59 Å². The van der Waals surface area contributed by atoms with Crippen LogP contribution in [-0.2, 0) is 19.4 Å². The highest BCUT2D eigenvalue weighted by Gasteiger charge is 2.35. The molecule has 1 rings (SSSR count). The SMILES string of the molecule is C#CCC(=O)N(CC(=O)O)C1CCS(=O)(=O)C1. The molecule has 1 unspecified atom stereocenters. The van der Waals surface area contributed by atoms with Crippen LogP contribution < -0.4 is 0 Å². The van der Waals surface area contributed by atoms with Crippen molar-refractivity contribution in [3.63, 3.8) is 0 Å². The van der Waals surface area contributed by atoms with Gasteiger partial charge in [-0.25, -0.2) is 8.42 Å². The fourth-order valence-electron chi connectivity index (χ4n) is 1.78. The van der Waals surface area contributed by atoms with Gasteiger partial charge >= 0.3 is 5.97 Å². The summed E-state index contributed by atoms with van der Waals surface area (Å²) in [4.78, 5) is 23.3. The molecule has 0 aromatic heterocycles. The largest absolute Gasteiger partial charge is 0.480 e. The first-order chi connectivity index (χ1) is 7.85. The molecule has 0 saturated carbocycles. The fraction of sp³-hybridized carbons (Fsp3) is 0.600. The lowest BCUT2D eigenvalue weighted by molar-refractivity contribution is -0.145. The molecule has 0 aromatic rings. The highest BCUT2D eigenvalue weighted by Crippen LogP contribution is 2.18. The van der Waals surface area contributed by atoms with Crippen LogP contribution >= 0.6 is 0 Å². The molecule has 6 nitrogen and oxygen atoms in total. The van der Waals surface area contributed by atoms with Gasteiger partial charge in [0.25, 0.3) is 0 Å².